The molecule has 4 heteroatoms. The lowest BCUT2D eigenvalue weighted by Crippen LogP contribution is -2.23. The monoisotopic (exact) mass is 409 g/mol. The molecule has 0 radical (unpaired) electrons. The van der Waals surface area contributed by atoms with E-state index in [1.54, 1.807) is 6.08 Å². The van der Waals surface area contributed by atoms with Gasteiger partial charge in [0, 0.05) is 17.8 Å². The Balaban J connectivity index is 1.66. The minimum absolute atomic E-state index is 0.0898. The summed E-state index contributed by atoms with van der Waals surface area (Å²) in [5, 5.41) is 8.23. The minimum atomic E-state index is -0.0898. The van der Waals surface area contributed by atoms with Crippen LogP contribution in [0, 0.1) is 0 Å². The highest BCUT2D eigenvalue weighted by Crippen LogP contribution is 2.19. The van der Waals surface area contributed by atoms with E-state index in [4.69, 9.17) is 5.73 Å². The van der Waals surface area contributed by atoms with Gasteiger partial charge in [-0.05, 0) is 47.0 Å². The van der Waals surface area contributed by atoms with E-state index in [1.807, 2.05) is 85.8 Å². The van der Waals surface area contributed by atoms with E-state index in [0.717, 1.165) is 33.3 Å². The number of hydrogen-bond acceptors (Lipinski definition) is 3. The van der Waals surface area contributed by atoms with Gasteiger partial charge in [0.1, 0.15) is 0 Å². The van der Waals surface area contributed by atoms with Crippen LogP contribution in [0.3, 0.4) is 0 Å². The molecule has 4 nitrogen and oxygen atoms in total. The van der Waals surface area contributed by atoms with Crippen molar-refractivity contribution in [3.8, 4) is 0 Å². The number of fused-ring (bicyclic) bond motifs is 1. The topological polar surface area (TPSA) is 67.2 Å². The third kappa shape index (κ3) is 5.31. The maximum atomic E-state index is 12.7. The first-order valence-corrected chi connectivity index (χ1v) is 10.1. The van der Waals surface area contributed by atoms with Crippen LogP contribution in [0.5, 0.6) is 0 Å². The van der Waals surface area contributed by atoms with Crippen LogP contribution in [0.25, 0.3) is 16.5 Å². The second-order valence-corrected chi connectivity index (χ2v) is 7.08. The van der Waals surface area contributed by atoms with Crippen LogP contribution < -0.4 is 16.4 Å². The van der Waals surface area contributed by atoms with Crippen molar-refractivity contribution < 1.29 is 4.79 Å². The molecule has 156 valence electrons. The Morgan fingerprint density at radius 1 is 1.03 bits per heavy atom. The number of amides is 1. The van der Waals surface area contributed by atoms with Crippen molar-refractivity contribution in [2.45, 2.75) is 13.5 Å². The molecule has 0 aliphatic heterocycles. The largest absolute Gasteiger partial charge is 0.397 e. The van der Waals surface area contributed by atoms with E-state index in [2.05, 4.69) is 23.8 Å². The van der Waals surface area contributed by atoms with Crippen molar-refractivity contribution >= 4 is 22.4 Å². The van der Waals surface area contributed by atoms with Gasteiger partial charge in [-0.15, -0.1) is 0 Å². The standard InChI is InChI=1S/C27H27N3O/c1-4-9-26(25(28)5-2)30-19(3)21-16-14-20(15-17-21)18-29-27(31)24-13-8-11-22-10-6-7-12-23(22)24/h4-17,30H,2-3,18,28H2,1H3,(H,29,31)/b9-4-,26-25-. The van der Waals surface area contributed by atoms with Crippen LogP contribution in [0.1, 0.15) is 28.4 Å². The fourth-order valence-electron chi connectivity index (χ4n) is 3.25. The molecule has 4 N–H and O–H groups in total. The highest BCUT2D eigenvalue weighted by atomic mass is 16.1. The molecule has 3 aromatic carbocycles. The third-order valence-electron chi connectivity index (χ3n) is 4.94. The molecule has 0 aliphatic rings. The summed E-state index contributed by atoms with van der Waals surface area (Å²) in [6.07, 6.45) is 5.37. The Labute approximate surface area is 183 Å². The molecule has 3 aromatic rings. The molecule has 31 heavy (non-hydrogen) atoms. The maximum Gasteiger partial charge on any atom is 0.252 e. The molecule has 0 fully saturated rings. The lowest BCUT2D eigenvalue weighted by atomic mass is 10.0. The molecule has 0 aromatic heterocycles. The van der Waals surface area contributed by atoms with Crippen LogP contribution in [-0.4, -0.2) is 5.91 Å². The Hall–Kier alpha value is -4.05. The molecular weight excluding hydrogens is 382 g/mol. The molecule has 0 aliphatic carbocycles. The van der Waals surface area contributed by atoms with Gasteiger partial charge < -0.3 is 16.4 Å². The number of rotatable bonds is 8. The van der Waals surface area contributed by atoms with Crippen molar-refractivity contribution in [2.75, 3.05) is 0 Å². The van der Waals surface area contributed by atoms with Gasteiger partial charge in [-0.2, -0.15) is 0 Å². The summed E-state index contributed by atoms with van der Waals surface area (Å²) in [5.41, 5.74) is 10.6. The Bertz CT molecular complexity index is 1170. The summed E-state index contributed by atoms with van der Waals surface area (Å²) in [6, 6.07) is 21.5. The average molecular weight is 410 g/mol. The van der Waals surface area contributed by atoms with E-state index in [9.17, 15) is 4.79 Å². The second-order valence-electron chi connectivity index (χ2n) is 7.08. The van der Waals surface area contributed by atoms with E-state index < -0.39 is 0 Å². The second kappa shape index (κ2) is 10.1. The predicted molar refractivity (Wildman–Crippen MR) is 130 cm³/mol. The number of benzene rings is 3. The van der Waals surface area contributed by atoms with Crippen LogP contribution >= 0.6 is 0 Å². The molecule has 0 spiro atoms. The fraction of sp³-hybridized carbons (Fsp3) is 0.0741. The summed E-state index contributed by atoms with van der Waals surface area (Å²) in [4.78, 5) is 12.7. The van der Waals surface area contributed by atoms with E-state index in [0.29, 0.717) is 17.8 Å². The molecule has 0 atom stereocenters. The zero-order valence-electron chi connectivity index (χ0n) is 17.7. The summed E-state index contributed by atoms with van der Waals surface area (Å²) in [6.45, 7) is 10.2. The Morgan fingerprint density at radius 3 is 2.45 bits per heavy atom. The van der Waals surface area contributed by atoms with Crippen LogP contribution in [0.2, 0.25) is 0 Å². The van der Waals surface area contributed by atoms with Crippen LogP contribution in [0.15, 0.2) is 110 Å². The molecule has 0 unspecified atom stereocenters. The summed E-state index contributed by atoms with van der Waals surface area (Å²) >= 11 is 0. The number of allylic oxidation sites excluding steroid dienone is 3. The van der Waals surface area contributed by atoms with Crippen molar-refractivity contribution in [3.05, 3.63) is 126 Å². The van der Waals surface area contributed by atoms with Gasteiger partial charge in [-0.1, -0.05) is 79.9 Å². The lowest BCUT2D eigenvalue weighted by molar-refractivity contribution is 0.0952. The molecule has 0 saturated heterocycles. The first kappa shape index (κ1) is 21.7. The normalized spacial score (nSPS) is 11.8. The molecule has 0 saturated carbocycles. The molecule has 3 rings (SSSR count). The Morgan fingerprint density at radius 2 is 1.74 bits per heavy atom. The summed E-state index contributed by atoms with van der Waals surface area (Å²) < 4.78 is 0. The van der Waals surface area contributed by atoms with Gasteiger partial charge in [-0.25, -0.2) is 0 Å². The quantitative estimate of drug-likeness (QED) is 0.445. The summed E-state index contributed by atoms with van der Waals surface area (Å²) in [7, 11) is 0. The van der Waals surface area contributed by atoms with Gasteiger partial charge in [0.15, 0.2) is 0 Å². The van der Waals surface area contributed by atoms with Gasteiger partial charge in [0.2, 0.25) is 0 Å². The van der Waals surface area contributed by atoms with Crippen molar-refractivity contribution in [1.82, 2.24) is 10.6 Å². The van der Waals surface area contributed by atoms with Gasteiger partial charge in [0.05, 0.1) is 11.4 Å². The zero-order chi connectivity index (χ0) is 22.2. The lowest BCUT2D eigenvalue weighted by Gasteiger charge is -2.13. The van der Waals surface area contributed by atoms with Crippen LogP contribution in [0.4, 0.5) is 0 Å². The van der Waals surface area contributed by atoms with Crippen molar-refractivity contribution in [2.24, 2.45) is 5.73 Å². The molecule has 0 heterocycles. The molecule has 0 bridgehead atoms. The first-order valence-electron chi connectivity index (χ1n) is 10.1. The summed E-state index contributed by atoms with van der Waals surface area (Å²) in [5.74, 6) is -0.0898. The highest BCUT2D eigenvalue weighted by Gasteiger charge is 2.09. The Kier molecular flexibility index (Phi) is 7.07. The first-order chi connectivity index (χ1) is 15.0. The maximum absolute atomic E-state index is 12.7. The van der Waals surface area contributed by atoms with Gasteiger partial charge in [-0.3, -0.25) is 4.79 Å². The van der Waals surface area contributed by atoms with Crippen molar-refractivity contribution in [1.29, 1.82) is 0 Å². The fourth-order valence-corrected chi connectivity index (χ4v) is 3.25. The average Bonchev–Trinajstić information content (AvgIpc) is 2.81. The zero-order valence-corrected chi connectivity index (χ0v) is 17.7. The predicted octanol–water partition coefficient (Wildman–Crippen LogP) is 5.26. The molecule has 1 amide bonds. The number of nitrogens with two attached hydrogens (primary N) is 1. The highest BCUT2D eigenvalue weighted by molar-refractivity contribution is 6.06. The minimum Gasteiger partial charge on any atom is -0.397 e. The van der Waals surface area contributed by atoms with Crippen molar-refractivity contribution in [3.63, 3.8) is 0 Å². The number of hydrogen-bond donors (Lipinski definition) is 3. The third-order valence-corrected chi connectivity index (χ3v) is 4.94. The smallest absolute Gasteiger partial charge is 0.252 e. The van der Waals surface area contributed by atoms with E-state index >= 15 is 0 Å². The van der Waals surface area contributed by atoms with Gasteiger partial charge in [0.25, 0.3) is 5.91 Å². The number of carbonyl (C=O) groups excluding carboxylic acids is 1. The molecular formula is C27H27N3O. The van der Waals surface area contributed by atoms with E-state index in [1.165, 1.54) is 0 Å². The number of carbonyl (C=O) groups is 1. The van der Waals surface area contributed by atoms with Gasteiger partial charge >= 0.3 is 0 Å². The SMILES string of the molecule is C=C/C(N)=C(\C=C/C)NC(=C)c1ccc(CNC(=O)c2cccc3ccccc23)cc1. The van der Waals surface area contributed by atoms with Crippen LogP contribution in [-0.2, 0) is 6.54 Å². The number of nitrogens with one attached hydrogen (secondary N) is 2. The van der Waals surface area contributed by atoms with E-state index in [-0.39, 0.29) is 5.91 Å².